The van der Waals surface area contributed by atoms with Gasteiger partial charge in [-0.25, -0.2) is 0 Å². The molecular weight excluding hydrogens is 136 g/mol. The van der Waals surface area contributed by atoms with Gasteiger partial charge in [-0.2, -0.15) is 0 Å². The van der Waals surface area contributed by atoms with Gasteiger partial charge in [0, 0.05) is 0 Å². The second kappa shape index (κ2) is 8.89. The van der Waals surface area contributed by atoms with E-state index in [9.17, 15) is 4.79 Å². The summed E-state index contributed by atoms with van der Waals surface area (Å²) >= 11 is 0. The molecule has 1 heteroatoms. The highest BCUT2D eigenvalue weighted by Gasteiger charge is 1.68. The van der Waals surface area contributed by atoms with E-state index in [0.29, 0.717) is 0 Å². The number of rotatable bonds is 5. The van der Waals surface area contributed by atoms with Crippen molar-refractivity contribution in [2.24, 2.45) is 0 Å². The minimum Gasteiger partial charge on any atom is -0.299 e. The fourth-order valence-corrected chi connectivity index (χ4v) is 0.579. The predicted octanol–water partition coefficient (Wildman–Crippen LogP) is 2.65. The zero-order valence-corrected chi connectivity index (χ0v) is 6.86. The third-order valence-electron chi connectivity index (χ3n) is 1.11. The maximum absolute atomic E-state index is 9.80. The van der Waals surface area contributed by atoms with E-state index in [4.69, 9.17) is 0 Å². The van der Waals surface area contributed by atoms with Crippen LogP contribution in [0.1, 0.15) is 19.8 Å². The molecule has 0 rings (SSSR count). The summed E-state index contributed by atoms with van der Waals surface area (Å²) in [5.41, 5.74) is 0. The highest BCUT2D eigenvalue weighted by atomic mass is 16.1. The lowest BCUT2D eigenvalue weighted by molar-refractivity contribution is -0.104. The first-order valence-electron chi connectivity index (χ1n) is 3.85. The topological polar surface area (TPSA) is 17.1 Å². The van der Waals surface area contributed by atoms with Gasteiger partial charge in [-0.1, -0.05) is 43.7 Å². The maximum atomic E-state index is 9.80. The summed E-state index contributed by atoms with van der Waals surface area (Å²) < 4.78 is 0. The number of hydrogen-bond donors (Lipinski definition) is 0. The first-order valence-corrected chi connectivity index (χ1v) is 3.85. The van der Waals surface area contributed by atoms with Crippen molar-refractivity contribution in [2.75, 3.05) is 0 Å². The Bertz CT molecular complexity index is 164. The molecule has 0 fully saturated rings. The van der Waals surface area contributed by atoms with E-state index in [2.05, 4.69) is 13.0 Å². The van der Waals surface area contributed by atoms with Crippen LogP contribution in [-0.2, 0) is 4.79 Å². The minimum atomic E-state index is 0.764. The third-order valence-corrected chi connectivity index (χ3v) is 1.11. The number of aldehydes is 1. The van der Waals surface area contributed by atoms with Gasteiger partial charge in [0.25, 0.3) is 0 Å². The Morgan fingerprint density at radius 2 is 1.64 bits per heavy atom. The molecule has 0 aromatic rings. The monoisotopic (exact) mass is 150 g/mol. The second-order valence-electron chi connectivity index (χ2n) is 2.12. The molecular formula is C10H14O. The van der Waals surface area contributed by atoms with Crippen molar-refractivity contribution in [1.29, 1.82) is 0 Å². The van der Waals surface area contributed by atoms with E-state index in [0.717, 1.165) is 12.7 Å². The van der Waals surface area contributed by atoms with E-state index < -0.39 is 0 Å². The molecule has 1 nitrogen and oxygen atoms in total. The summed E-state index contributed by atoms with van der Waals surface area (Å²) in [4.78, 5) is 9.80. The Morgan fingerprint density at radius 3 is 2.27 bits per heavy atom. The van der Waals surface area contributed by atoms with Crippen molar-refractivity contribution < 1.29 is 4.79 Å². The molecule has 0 saturated carbocycles. The molecule has 0 aliphatic rings. The predicted molar refractivity (Wildman–Crippen MR) is 48.4 cm³/mol. The van der Waals surface area contributed by atoms with Crippen LogP contribution in [0.4, 0.5) is 0 Å². The molecule has 0 radical (unpaired) electrons. The summed E-state index contributed by atoms with van der Waals surface area (Å²) in [6.45, 7) is 2.14. The van der Waals surface area contributed by atoms with Crippen molar-refractivity contribution >= 4 is 6.29 Å². The first kappa shape index (κ1) is 9.89. The fourth-order valence-electron chi connectivity index (χ4n) is 0.579. The molecule has 0 aliphatic heterocycles. The average Bonchev–Trinajstić information content (AvgIpc) is 2.03. The molecule has 0 N–H and O–H groups in total. The van der Waals surface area contributed by atoms with Crippen molar-refractivity contribution in [3.05, 3.63) is 36.5 Å². The molecule has 60 valence electrons. The lowest BCUT2D eigenvalue weighted by atomic mass is 10.3. The smallest absolute Gasteiger partial charge is 0.142 e. The Hall–Kier alpha value is -1.11. The van der Waals surface area contributed by atoms with Crippen LogP contribution in [0, 0.1) is 0 Å². The van der Waals surface area contributed by atoms with Gasteiger partial charge < -0.3 is 0 Å². The van der Waals surface area contributed by atoms with Gasteiger partial charge in [0.1, 0.15) is 6.29 Å². The van der Waals surface area contributed by atoms with Gasteiger partial charge in [0.15, 0.2) is 0 Å². The molecule has 0 aromatic carbocycles. The quantitative estimate of drug-likeness (QED) is 0.334. The van der Waals surface area contributed by atoms with Crippen molar-refractivity contribution in [2.45, 2.75) is 19.8 Å². The van der Waals surface area contributed by atoms with E-state index in [1.807, 2.05) is 18.2 Å². The molecule has 0 bridgehead atoms. The summed E-state index contributed by atoms with van der Waals surface area (Å²) in [6.07, 6.45) is 14.1. The number of unbranched alkanes of at least 4 members (excludes halogenated alkanes) is 1. The summed E-state index contributed by atoms with van der Waals surface area (Å²) in [5, 5.41) is 0. The van der Waals surface area contributed by atoms with Crippen LogP contribution in [0.5, 0.6) is 0 Å². The van der Waals surface area contributed by atoms with Gasteiger partial charge in [0.2, 0.25) is 0 Å². The summed E-state index contributed by atoms with van der Waals surface area (Å²) in [5.74, 6) is 0. The largest absolute Gasteiger partial charge is 0.299 e. The van der Waals surface area contributed by atoms with Crippen molar-refractivity contribution in [3.8, 4) is 0 Å². The number of carbonyl (C=O) groups excluding carboxylic acids is 1. The Labute approximate surface area is 68.1 Å². The molecule has 0 aromatic heterocycles. The molecule has 0 heterocycles. The summed E-state index contributed by atoms with van der Waals surface area (Å²) in [7, 11) is 0. The SMILES string of the molecule is CCCC=CC=CC=CC=O. The summed E-state index contributed by atoms with van der Waals surface area (Å²) in [6, 6.07) is 0. The fraction of sp³-hybridized carbons (Fsp3) is 0.300. The molecule has 0 atom stereocenters. The van der Waals surface area contributed by atoms with Crippen LogP contribution in [-0.4, -0.2) is 6.29 Å². The van der Waals surface area contributed by atoms with Gasteiger partial charge in [-0.3, -0.25) is 4.79 Å². The van der Waals surface area contributed by atoms with E-state index >= 15 is 0 Å². The molecule has 11 heavy (non-hydrogen) atoms. The van der Waals surface area contributed by atoms with Crippen molar-refractivity contribution in [3.63, 3.8) is 0 Å². The number of hydrogen-bond acceptors (Lipinski definition) is 1. The normalized spacial score (nSPS) is 12.1. The second-order valence-corrected chi connectivity index (χ2v) is 2.12. The van der Waals surface area contributed by atoms with Gasteiger partial charge in [-0.05, 0) is 12.5 Å². The standard InChI is InChI=1S/C10H14O/c1-2-3-4-5-6-7-8-9-10-11/h4-10H,2-3H2,1H3. The first-order chi connectivity index (χ1) is 5.41. The van der Waals surface area contributed by atoms with Gasteiger partial charge in [-0.15, -0.1) is 0 Å². The Balaban J connectivity index is 3.42. The van der Waals surface area contributed by atoms with Crippen LogP contribution in [0.25, 0.3) is 0 Å². The minimum absolute atomic E-state index is 0.764. The van der Waals surface area contributed by atoms with Crippen LogP contribution < -0.4 is 0 Å². The van der Waals surface area contributed by atoms with Crippen LogP contribution in [0.2, 0.25) is 0 Å². The Morgan fingerprint density at radius 1 is 1.00 bits per heavy atom. The zero-order valence-electron chi connectivity index (χ0n) is 6.86. The van der Waals surface area contributed by atoms with Crippen LogP contribution in [0.3, 0.4) is 0 Å². The van der Waals surface area contributed by atoms with Gasteiger partial charge in [0.05, 0.1) is 0 Å². The molecule has 0 saturated heterocycles. The average molecular weight is 150 g/mol. The van der Waals surface area contributed by atoms with Crippen LogP contribution >= 0.6 is 0 Å². The Kier molecular flexibility index (Phi) is 7.99. The van der Waals surface area contributed by atoms with Crippen LogP contribution in [0.15, 0.2) is 36.5 Å². The highest BCUT2D eigenvalue weighted by Crippen LogP contribution is 1.88. The number of carbonyl (C=O) groups is 1. The van der Waals surface area contributed by atoms with Crippen molar-refractivity contribution in [1.82, 2.24) is 0 Å². The third kappa shape index (κ3) is 8.89. The molecule has 0 unspecified atom stereocenters. The molecule has 0 amide bonds. The lowest BCUT2D eigenvalue weighted by Gasteiger charge is -1.78. The van der Waals surface area contributed by atoms with E-state index in [1.54, 1.807) is 6.08 Å². The molecule has 0 aliphatic carbocycles. The zero-order chi connectivity index (χ0) is 8.36. The maximum Gasteiger partial charge on any atom is 0.142 e. The van der Waals surface area contributed by atoms with Gasteiger partial charge >= 0.3 is 0 Å². The number of allylic oxidation sites excluding steroid dienone is 6. The van der Waals surface area contributed by atoms with E-state index in [-0.39, 0.29) is 0 Å². The lowest BCUT2D eigenvalue weighted by Crippen LogP contribution is -1.59. The van der Waals surface area contributed by atoms with E-state index in [1.165, 1.54) is 12.5 Å². The highest BCUT2D eigenvalue weighted by molar-refractivity contribution is 5.65. The molecule has 0 spiro atoms.